The summed E-state index contributed by atoms with van der Waals surface area (Å²) in [7, 11) is 0. The second-order valence-corrected chi connectivity index (χ2v) is 6.20. The largest absolute Gasteiger partial charge is 0.465 e. The van der Waals surface area contributed by atoms with Crippen LogP contribution in [0.5, 0.6) is 0 Å². The van der Waals surface area contributed by atoms with E-state index in [1.807, 2.05) is 0 Å². The van der Waals surface area contributed by atoms with E-state index in [1.54, 1.807) is 0 Å². The van der Waals surface area contributed by atoms with Crippen LogP contribution in [0.4, 0.5) is 4.79 Å². The van der Waals surface area contributed by atoms with Crippen molar-refractivity contribution in [1.82, 2.24) is 10.6 Å². The van der Waals surface area contributed by atoms with E-state index >= 15 is 0 Å². The van der Waals surface area contributed by atoms with Gasteiger partial charge < -0.3 is 15.7 Å². The van der Waals surface area contributed by atoms with Crippen molar-refractivity contribution in [3.8, 4) is 0 Å². The lowest BCUT2D eigenvalue weighted by Gasteiger charge is -2.46. The summed E-state index contributed by atoms with van der Waals surface area (Å²) in [5.41, 5.74) is 0.0225. The fourth-order valence-corrected chi connectivity index (χ4v) is 3.27. The second-order valence-electron chi connectivity index (χ2n) is 6.20. The molecule has 0 heterocycles. The number of amides is 2. The van der Waals surface area contributed by atoms with E-state index in [4.69, 9.17) is 5.11 Å². The van der Waals surface area contributed by atoms with Crippen LogP contribution in [0.3, 0.4) is 0 Å². The minimum atomic E-state index is -0.991. The van der Waals surface area contributed by atoms with Gasteiger partial charge in [0.1, 0.15) is 0 Å². The lowest BCUT2D eigenvalue weighted by atomic mass is 9.62. The highest BCUT2D eigenvalue weighted by Crippen LogP contribution is 2.45. The number of carboxylic acid groups (broad SMARTS) is 1. The van der Waals surface area contributed by atoms with E-state index in [1.165, 1.54) is 0 Å². The summed E-state index contributed by atoms with van der Waals surface area (Å²) in [6.07, 6.45) is 2.45. The normalized spacial score (nSPS) is 31.6. The molecule has 1 fully saturated rings. The molecule has 0 aliphatic heterocycles. The summed E-state index contributed by atoms with van der Waals surface area (Å²) in [5.74, 6) is 0. The lowest BCUT2D eigenvalue weighted by molar-refractivity contribution is -0.111. The number of nitrogens with one attached hydrogen (secondary N) is 2. The summed E-state index contributed by atoms with van der Waals surface area (Å²) in [6.45, 7) is 6.82. The molecule has 17 heavy (non-hydrogen) atoms. The van der Waals surface area contributed by atoms with E-state index < -0.39 is 6.09 Å². The maximum Gasteiger partial charge on any atom is 0.404 e. The fraction of sp³-hybridized carbons (Fsp3) is 0.833. The molecular weight excluding hydrogens is 220 g/mol. The van der Waals surface area contributed by atoms with Gasteiger partial charge >= 0.3 is 6.09 Å². The summed E-state index contributed by atoms with van der Waals surface area (Å²) in [6, 6.07) is 0.136. The van der Waals surface area contributed by atoms with E-state index in [-0.39, 0.29) is 16.9 Å². The van der Waals surface area contributed by atoms with Gasteiger partial charge in [-0.3, -0.25) is 4.79 Å². The van der Waals surface area contributed by atoms with Crippen LogP contribution in [0.15, 0.2) is 0 Å². The minimum absolute atomic E-state index is 0.0964. The Kier molecular flexibility index (Phi) is 4.01. The zero-order valence-electron chi connectivity index (χ0n) is 10.7. The number of rotatable bonds is 4. The molecule has 3 N–H and O–H groups in total. The Bertz CT molecular complexity index is 304. The summed E-state index contributed by atoms with van der Waals surface area (Å²) >= 11 is 0. The van der Waals surface area contributed by atoms with E-state index in [2.05, 4.69) is 31.4 Å². The highest BCUT2D eigenvalue weighted by molar-refractivity contribution is 5.64. The zero-order chi connectivity index (χ0) is 13.1. The molecule has 1 aliphatic rings. The van der Waals surface area contributed by atoms with Crippen LogP contribution < -0.4 is 10.6 Å². The van der Waals surface area contributed by atoms with Crippen molar-refractivity contribution < 1.29 is 14.7 Å². The molecule has 2 unspecified atom stereocenters. The van der Waals surface area contributed by atoms with Gasteiger partial charge in [0, 0.05) is 12.6 Å². The Labute approximate surface area is 102 Å². The van der Waals surface area contributed by atoms with Crippen LogP contribution in [0.25, 0.3) is 0 Å². The van der Waals surface area contributed by atoms with Crippen molar-refractivity contribution in [2.24, 2.45) is 10.8 Å². The van der Waals surface area contributed by atoms with Crippen molar-refractivity contribution >= 4 is 12.5 Å². The van der Waals surface area contributed by atoms with Crippen LogP contribution in [-0.4, -0.2) is 30.2 Å². The standard InChI is InChI=1S/C12H22N2O3/c1-11(2)4-9(14-8-15)5-12(3,6-11)7-13-10(16)17/h8-9,13H,4-7H2,1-3H3,(H,14,15)(H,16,17). The average molecular weight is 242 g/mol. The third kappa shape index (κ3) is 4.24. The third-order valence-electron chi connectivity index (χ3n) is 3.41. The van der Waals surface area contributed by atoms with Gasteiger partial charge in [-0.15, -0.1) is 0 Å². The van der Waals surface area contributed by atoms with Crippen molar-refractivity contribution in [3.63, 3.8) is 0 Å². The number of hydrogen-bond acceptors (Lipinski definition) is 2. The fourth-order valence-electron chi connectivity index (χ4n) is 3.27. The smallest absolute Gasteiger partial charge is 0.404 e. The van der Waals surface area contributed by atoms with Gasteiger partial charge in [-0.1, -0.05) is 20.8 Å². The van der Waals surface area contributed by atoms with Gasteiger partial charge in [0.15, 0.2) is 0 Å². The molecule has 98 valence electrons. The van der Waals surface area contributed by atoms with E-state index in [9.17, 15) is 9.59 Å². The number of hydrogen-bond donors (Lipinski definition) is 3. The molecule has 0 saturated heterocycles. The highest BCUT2D eigenvalue weighted by Gasteiger charge is 2.41. The van der Waals surface area contributed by atoms with Crippen molar-refractivity contribution in [2.45, 2.75) is 46.1 Å². The summed E-state index contributed by atoms with van der Waals surface area (Å²) < 4.78 is 0. The maximum absolute atomic E-state index is 10.6. The predicted octanol–water partition coefficient (Wildman–Crippen LogP) is 1.58. The first-order valence-electron chi connectivity index (χ1n) is 5.93. The third-order valence-corrected chi connectivity index (χ3v) is 3.41. The van der Waals surface area contributed by atoms with Crippen LogP contribution >= 0.6 is 0 Å². The van der Waals surface area contributed by atoms with Gasteiger partial charge in [-0.05, 0) is 30.1 Å². The zero-order valence-corrected chi connectivity index (χ0v) is 10.7. The van der Waals surface area contributed by atoms with Crippen molar-refractivity contribution in [1.29, 1.82) is 0 Å². The first-order chi connectivity index (χ1) is 7.76. The van der Waals surface area contributed by atoms with Crippen LogP contribution in [0.2, 0.25) is 0 Å². The molecule has 0 bridgehead atoms. The molecule has 2 amide bonds. The minimum Gasteiger partial charge on any atom is -0.465 e. The van der Waals surface area contributed by atoms with Crippen LogP contribution in [0.1, 0.15) is 40.0 Å². The average Bonchev–Trinajstić information content (AvgIpc) is 2.12. The van der Waals surface area contributed by atoms with Gasteiger partial charge in [-0.25, -0.2) is 4.79 Å². The Balaban J connectivity index is 2.69. The topological polar surface area (TPSA) is 78.4 Å². The van der Waals surface area contributed by atoms with E-state index in [0.29, 0.717) is 6.54 Å². The Hall–Kier alpha value is -1.26. The molecule has 1 aliphatic carbocycles. The SMILES string of the molecule is CC1(C)CC(NC=O)CC(C)(CNC(=O)O)C1. The molecule has 1 saturated carbocycles. The molecule has 0 aromatic rings. The van der Waals surface area contributed by atoms with Crippen LogP contribution in [-0.2, 0) is 4.79 Å². The molecule has 0 aromatic carbocycles. The Morgan fingerprint density at radius 1 is 1.41 bits per heavy atom. The molecule has 0 radical (unpaired) electrons. The Morgan fingerprint density at radius 2 is 2.06 bits per heavy atom. The maximum atomic E-state index is 10.6. The molecule has 1 rings (SSSR count). The highest BCUT2D eigenvalue weighted by atomic mass is 16.4. The molecule has 5 heteroatoms. The molecule has 2 atom stereocenters. The number of carbonyl (C=O) groups excluding carboxylic acids is 1. The predicted molar refractivity (Wildman–Crippen MR) is 64.8 cm³/mol. The summed E-state index contributed by atoms with van der Waals surface area (Å²) in [5, 5.41) is 14.0. The quantitative estimate of drug-likeness (QED) is 0.655. The van der Waals surface area contributed by atoms with Gasteiger partial charge in [-0.2, -0.15) is 0 Å². The monoisotopic (exact) mass is 242 g/mol. The molecule has 0 spiro atoms. The van der Waals surface area contributed by atoms with Crippen LogP contribution in [0, 0.1) is 10.8 Å². The molecule has 5 nitrogen and oxygen atoms in total. The molecular formula is C12H22N2O3. The van der Waals surface area contributed by atoms with Crippen molar-refractivity contribution in [2.75, 3.05) is 6.54 Å². The van der Waals surface area contributed by atoms with Gasteiger partial charge in [0.05, 0.1) is 0 Å². The first kappa shape index (κ1) is 13.8. The van der Waals surface area contributed by atoms with Gasteiger partial charge in [0.2, 0.25) is 6.41 Å². The second kappa shape index (κ2) is 4.94. The summed E-state index contributed by atoms with van der Waals surface area (Å²) in [4.78, 5) is 21.1. The number of carbonyl (C=O) groups is 2. The lowest BCUT2D eigenvalue weighted by Crippen LogP contribution is -2.48. The van der Waals surface area contributed by atoms with E-state index in [0.717, 1.165) is 25.7 Å². The Morgan fingerprint density at radius 3 is 2.59 bits per heavy atom. The van der Waals surface area contributed by atoms with Crippen molar-refractivity contribution in [3.05, 3.63) is 0 Å². The van der Waals surface area contributed by atoms with Gasteiger partial charge in [0.25, 0.3) is 0 Å². The first-order valence-corrected chi connectivity index (χ1v) is 5.93. The molecule has 0 aromatic heterocycles.